The summed E-state index contributed by atoms with van der Waals surface area (Å²) in [4.78, 5) is 0.392. The number of hydrogen-bond acceptors (Lipinski definition) is 1. The number of hydrogen-bond donors (Lipinski definition) is 0. The number of benzene rings is 1. The van der Waals surface area contributed by atoms with Gasteiger partial charge in [0.15, 0.2) is 0 Å². The van der Waals surface area contributed by atoms with Crippen molar-refractivity contribution in [2.75, 3.05) is 0 Å². The topological polar surface area (TPSA) is 17.8 Å². The monoisotopic (exact) mass is 306 g/mol. The molecule has 1 aromatic heterocycles. The molecule has 2 atom stereocenters. The normalized spacial score (nSPS) is 14.4. The maximum Gasteiger partial charge on any atom is 0.0521 e. The maximum absolute atomic E-state index is 4.32. The van der Waals surface area contributed by atoms with Crippen LogP contribution in [0.1, 0.15) is 29.8 Å². The molecule has 96 valence electrons. The van der Waals surface area contributed by atoms with Crippen LogP contribution in [0.25, 0.3) is 0 Å². The van der Waals surface area contributed by atoms with E-state index >= 15 is 0 Å². The van der Waals surface area contributed by atoms with Gasteiger partial charge in [-0.1, -0.05) is 53.2 Å². The zero-order valence-corrected chi connectivity index (χ0v) is 12.5. The number of aryl methyl sites for hydroxylation is 1. The minimum atomic E-state index is 0.392. The predicted octanol–water partition coefficient (Wildman–Crippen LogP) is 4.22. The van der Waals surface area contributed by atoms with Crippen LogP contribution in [0.3, 0.4) is 0 Å². The van der Waals surface area contributed by atoms with Gasteiger partial charge in [0.1, 0.15) is 0 Å². The largest absolute Gasteiger partial charge is 0.273 e. The number of alkyl halides is 1. The summed E-state index contributed by atoms with van der Waals surface area (Å²) >= 11 is 3.81. The third-order valence-electron chi connectivity index (χ3n) is 3.19. The molecule has 2 nitrogen and oxygen atoms in total. The van der Waals surface area contributed by atoms with Gasteiger partial charge in [-0.25, -0.2) is 0 Å². The average Bonchev–Trinajstić information content (AvgIpc) is 2.86. The molecular weight excluding hydrogens is 288 g/mol. The summed E-state index contributed by atoms with van der Waals surface area (Å²) in [5, 5.41) is 4.32. The zero-order valence-electron chi connectivity index (χ0n) is 10.9. The highest BCUT2D eigenvalue weighted by Gasteiger charge is 2.16. The molecule has 0 radical (unpaired) electrons. The van der Waals surface area contributed by atoms with Gasteiger partial charge in [-0.15, -0.1) is 0 Å². The minimum absolute atomic E-state index is 0.392. The van der Waals surface area contributed by atoms with Crippen LogP contribution >= 0.6 is 15.9 Å². The molecule has 0 amide bonds. The van der Waals surface area contributed by atoms with Crippen LogP contribution in [0.15, 0.2) is 42.7 Å². The molecule has 1 heterocycles. The molecule has 0 saturated heterocycles. The van der Waals surface area contributed by atoms with Crippen LogP contribution in [-0.2, 0) is 13.0 Å². The SMILES string of the molecule is CCn1cc(CC(C)C(Br)c2ccccc2)cn1. The number of rotatable bonds is 5. The molecule has 2 unspecified atom stereocenters. The van der Waals surface area contributed by atoms with E-state index in [9.17, 15) is 0 Å². The Labute approximate surface area is 117 Å². The Hall–Kier alpha value is -1.09. The Morgan fingerprint density at radius 2 is 2.00 bits per heavy atom. The van der Waals surface area contributed by atoms with E-state index in [-0.39, 0.29) is 0 Å². The maximum atomic E-state index is 4.32. The molecule has 2 rings (SSSR count). The molecular formula is C15H19BrN2. The van der Waals surface area contributed by atoms with Gasteiger partial charge in [-0.3, -0.25) is 4.68 Å². The molecule has 0 saturated carbocycles. The second kappa shape index (κ2) is 6.19. The van der Waals surface area contributed by atoms with Crippen LogP contribution in [-0.4, -0.2) is 9.78 Å². The van der Waals surface area contributed by atoms with E-state index < -0.39 is 0 Å². The van der Waals surface area contributed by atoms with Crippen molar-refractivity contribution in [2.45, 2.75) is 31.6 Å². The first kappa shape index (κ1) is 13.3. The van der Waals surface area contributed by atoms with Crippen LogP contribution in [0, 0.1) is 5.92 Å². The fraction of sp³-hybridized carbons (Fsp3) is 0.400. The number of halogens is 1. The zero-order chi connectivity index (χ0) is 13.0. The Bertz CT molecular complexity index is 478. The van der Waals surface area contributed by atoms with Gasteiger partial charge in [0.25, 0.3) is 0 Å². The fourth-order valence-electron chi connectivity index (χ4n) is 2.13. The van der Waals surface area contributed by atoms with Gasteiger partial charge < -0.3 is 0 Å². The highest BCUT2D eigenvalue weighted by atomic mass is 79.9. The quantitative estimate of drug-likeness (QED) is 0.756. The Morgan fingerprint density at radius 3 is 2.61 bits per heavy atom. The second-order valence-electron chi connectivity index (χ2n) is 4.70. The van der Waals surface area contributed by atoms with Crippen molar-refractivity contribution in [3.05, 3.63) is 53.9 Å². The summed E-state index contributed by atoms with van der Waals surface area (Å²) in [5.74, 6) is 0.543. The third kappa shape index (κ3) is 3.22. The van der Waals surface area contributed by atoms with Crippen molar-refractivity contribution < 1.29 is 0 Å². The van der Waals surface area contributed by atoms with Crippen LogP contribution in [0.2, 0.25) is 0 Å². The van der Waals surface area contributed by atoms with Gasteiger partial charge in [-0.05, 0) is 30.4 Å². The Morgan fingerprint density at radius 1 is 1.28 bits per heavy atom. The van der Waals surface area contributed by atoms with Crippen molar-refractivity contribution in [2.24, 2.45) is 5.92 Å². The summed E-state index contributed by atoms with van der Waals surface area (Å²) in [6, 6.07) is 10.6. The van der Waals surface area contributed by atoms with Crippen LogP contribution in [0.4, 0.5) is 0 Å². The molecule has 0 spiro atoms. The number of aromatic nitrogens is 2. The standard InChI is InChI=1S/C15H19BrN2/c1-3-18-11-13(10-17-18)9-12(2)15(16)14-7-5-4-6-8-14/h4-8,10-12,15H,3,9H2,1-2H3. The molecule has 0 bridgehead atoms. The van der Waals surface area contributed by atoms with Gasteiger partial charge in [0, 0.05) is 17.6 Å². The minimum Gasteiger partial charge on any atom is -0.273 e. The van der Waals surface area contributed by atoms with E-state index in [4.69, 9.17) is 0 Å². The molecule has 0 fully saturated rings. The average molecular weight is 307 g/mol. The fourth-order valence-corrected chi connectivity index (χ4v) is 2.62. The summed E-state index contributed by atoms with van der Waals surface area (Å²) in [6.07, 6.45) is 5.16. The van der Waals surface area contributed by atoms with Crippen molar-refractivity contribution in [1.82, 2.24) is 9.78 Å². The highest BCUT2D eigenvalue weighted by Crippen LogP contribution is 2.32. The summed E-state index contributed by atoms with van der Waals surface area (Å²) < 4.78 is 1.98. The Balaban J connectivity index is 2.01. The molecule has 1 aromatic carbocycles. The van der Waals surface area contributed by atoms with E-state index in [0.29, 0.717) is 10.7 Å². The molecule has 0 N–H and O–H groups in total. The Kier molecular flexibility index (Phi) is 4.59. The van der Waals surface area contributed by atoms with Gasteiger partial charge in [0.05, 0.1) is 6.20 Å². The highest BCUT2D eigenvalue weighted by molar-refractivity contribution is 9.09. The van der Waals surface area contributed by atoms with Gasteiger partial charge >= 0.3 is 0 Å². The number of nitrogens with zero attached hydrogens (tertiary/aromatic N) is 2. The first-order valence-electron chi connectivity index (χ1n) is 6.41. The molecule has 0 aliphatic heterocycles. The summed E-state index contributed by atoms with van der Waals surface area (Å²) in [6.45, 7) is 5.32. The molecule has 3 heteroatoms. The van der Waals surface area contributed by atoms with Crippen LogP contribution < -0.4 is 0 Å². The van der Waals surface area contributed by atoms with Gasteiger partial charge in [0.2, 0.25) is 0 Å². The van der Waals surface area contributed by atoms with Crippen molar-refractivity contribution in [3.8, 4) is 0 Å². The molecule has 0 aliphatic carbocycles. The molecule has 2 aromatic rings. The van der Waals surface area contributed by atoms with E-state index in [1.54, 1.807) is 0 Å². The van der Waals surface area contributed by atoms with E-state index in [1.165, 1.54) is 11.1 Å². The lowest BCUT2D eigenvalue weighted by molar-refractivity contribution is 0.571. The van der Waals surface area contributed by atoms with Crippen molar-refractivity contribution in [1.29, 1.82) is 0 Å². The van der Waals surface area contributed by atoms with Crippen molar-refractivity contribution in [3.63, 3.8) is 0 Å². The second-order valence-corrected chi connectivity index (χ2v) is 5.68. The van der Waals surface area contributed by atoms with Crippen LogP contribution in [0.5, 0.6) is 0 Å². The lowest BCUT2D eigenvalue weighted by atomic mass is 9.95. The summed E-state index contributed by atoms with van der Waals surface area (Å²) in [7, 11) is 0. The smallest absolute Gasteiger partial charge is 0.0521 e. The first-order chi connectivity index (χ1) is 8.70. The lowest BCUT2D eigenvalue weighted by Crippen LogP contribution is -2.06. The van der Waals surface area contributed by atoms with E-state index in [1.807, 2.05) is 10.9 Å². The molecule has 18 heavy (non-hydrogen) atoms. The summed E-state index contributed by atoms with van der Waals surface area (Å²) in [5.41, 5.74) is 2.65. The van der Waals surface area contributed by atoms with Gasteiger partial charge in [-0.2, -0.15) is 5.10 Å². The lowest BCUT2D eigenvalue weighted by Gasteiger charge is -2.18. The first-order valence-corrected chi connectivity index (χ1v) is 7.32. The predicted molar refractivity (Wildman–Crippen MR) is 78.9 cm³/mol. The molecule has 0 aliphatic rings. The van der Waals surface area contributed by atoms with E-state index in [2.05, 4.69) is 71.4 Å². The third-order valence-corrected chi connectivity index (χ3v) is 4.62. The van der Waals surface area contributed by atoms with Crippen molar-refractivity contribution >= 4 is 15.9 Å². The van der Waals surface area contributed by atoms with E-state index in [0.717, 1.165) is 13.0 Å².